The number of fused-ring (bicyclic) bond motifs is 2. The lowest BCUT2D eigenvalue weighted by molar-refractivity contribution is 0.630. The van der Waals surface area contributed by atoms with E-state index in [9.17, 15) is 4.79 Å². The second-order valence-electron chi connectivity index (χ2n) is 7.69. The van der Waals surface area contributed by atoms with Crippen molar-refractivity contribution in [2.45, 2.75) is 6.54 Å². The number of aliphatic imine (C=N–C) groups is 1. The molecule has 0 saturated heterocycles. The molecule has 0 aliphatic carbocycles. The number of halogens is 2. The van der Waals surface area contributed by atoms with Crippen molar-refractivity contribution in [2.24, 2.45) is 4.99 Å². The molecule has 6 rings (SSSR count). The SMILES string of the molecule is Cl.O=c1c2cc(-c3ccc(Cl)cc3)oc2ccn1-c1ccc2c(cnn2CC2=NCCN2)c1. The van der Waals surface area contributed by atoms with Crippen molar-refractivity contribution in [3.63, 3.8) is 0 Å². The monoisotopic (exact) mass is 479 g/mol. The van der Waals surface area contributed by atoms with Crippen LogP contribution in [0.5, 0.6) is 0 Å². The van der Waals surface area contributed by atoms with Crippen LogP contribution in [0.3, 0.4) is 0 Å². The molecule has 166 valence electrons. The third kappa shape index (κ3) is 3.79. The second-order valence-corrected chi connectivity index (χ2v) is 8.12. The Bertz CT molecular complexity index is 1560. The standard InChI is InChI=1S/C24H18ClN5O2.ClH/c25-17-3-1-15(2-4-17)22-12-19-21(32-22)7-10-29(24(19)31)18-5-6-20-16(11-18)13-28-30(20)14-23-26-8-9-27-23;/h1-7,10-13H,8-9,14H2,(H,26,27);1H. The minimum atomic E-state index is -0.136. The van der Waals surface area contributed by atoms with E-state index in [-0.39, 0.29) is 18.0 Å². The Morgan fingerprint density at radius 1 is 1.09 bits per heavy atom. The molecular formula is C24H19Cl2N5O2. The molecule has 1 N–H and O–H groups in total. The van der Waals surface area contributed by atoms with Crippen LogP contribution in [0.1, 0.15) is 0 Å². The largest absolute Gasteiger partial charge is 0.456 e. The van der Waals surface area contributed by atoms with Gasteiger partial charge < -0.3 is 9.73 Å². The number of nitrogens with one attached hydrogen (secondary N) is 1. The Morgan fingerprint density at radius 3 is 2.73 bits per heavy atom. The minimum absolute atomic E-state index is 0. The molecule has 7 nitrogen and oxygen atoms in total. The Balaban J connectivity index is 0.00000228. The van der Waals surface area contributed by atoms with Crippen LogP contribution >= 0.6 is 24.0 Å². The maximum atomic E-state index is 13.2. The fourth-order valence-corrected chi connectivity index (χ4v) is 4.17. The summed E-state index contributed by atoms with van der Waals surface area (Å²) in [5.41, 5.74) is 3.05. The summed E-state index contributed by atoms with van der Waals surface area (Å²) in [4.78, 5) is 17.7. The van der Waals surface area contributed by atoms with Crippen molar-refractivity contribution in [3.05, 3.63) is 82.4 Å². The maximum absolute atomic E-state index is 13.2. The average molecular weight is 480 g/mol. The van der Waals surface area contributed by atoms with Crippen LogP contribution in [0.25, 0.3) is 38.9 Å². The molecule has 1 aliphatic heterocycles. The molecule has 2 aromatic carbocycles. The molecule has 1 aliphatic rings. The topological polar surface area (TPSA) is 77.3 Å². The third-order valence-electron chi connectivity index (χ3n) is 5.66. The van der Waals surface area contributed by atoms with Crippen LogP contribution in [0.4, 0.5) is 0 Å². The quantitative estimate of drug-likeness (QED) is 0.406. The van der Waals surface area contributed by atoms with Crippen LogP contribution < -0.4 is 10.9 Å². The minimum Gasteiger partial charge on any atom is -0.456 e. The van der Waals surface area contributed by atoms with E-state index in [4.69, 9.17) is 16.0 Å². The Kier molecular flexibility index (Phi) is 5.44. The maximum Gasteiger partial charge on any atom is 0.266 e. The fraction of sp³-hybridized carbons (Fsp3) is 0.125. The van der Waals surface area contributed by atoms with Gasteiger partial charge >= 0.3 is 0 Å². The van der Waals surface area contributed by atoms with Crippen molar-refractivity contribution in [1.29, 1.82) is 0 Å². The number of hydrogen-bond donors (Lipinski definition) is 1. The molecule has 0 amide bonds. The number of furan rings is 1. The highest BCUT2D eigenvalue weighted by Crippen LogP contribution is 2.27. The van der Waals surface area contributed by atoms with Gasteiger partial charge in [-0.1, -0.05) is 11.6 Å². The lowest BCUT2D eigenvalue weighted by Crippen LogP contribution is -2.24. The first-order chi connectivity index (χ1) is 15.7. The van der Waals surface area contributed by atoms with Crippen molar-refractivity contribution >= 4 is 51.7 Å². The Labute approximate surface area is 199 Å². The molecule has 0 radical (unpaired) electrons. The van der Waals surface area contributed by atoms with E-state index in [0.717, 1.165) is 41.1 Å². The van der Waals surface area contributed by atoms with E-state index >= 15 is 0 Å². The lowest BCUT2D eigenvalue weighted by atomic mass is 10.1. The van der Waals surface area contributed by atoms with Gasteiger partial charge in [-0.15, -0.1) is 12.4 Å². The fourth-order valence-electron chi connectivity index (χ4n) is 4.04. The summed E-state index contributed by atoms with van der Waals surface area (Å²) in [5, 5.41) is 9.90. The average Bonchev–Trinajstić information content (AvgIpc) is 3.55. The van der Waals surface area contributed by atoms with Crippen molar-refractivity contribution < 1.29 is 4.42 Å². The van der Waals surface area contributed by atoms with Crippen LogP contribution in [0, 0.1) is 0 Å². The molecule has 4 heterocycles. The number of aromatic nitrogens is 3. The summed E-state index contributed by atoms with van der Waals surface area (Å²) in [6.45, 7) is 2.28. The van der Waals surface area contributed by atoms with Gasteiger partial charge in [-0.2, -0.15) is 5.10 Å². The van der Waals surface area contributed by atoms with Gasteiger partial charge in [-0.3, -0.25) is 19.0 Å². The predicted octanol–water partition coefficient (Wildman–Crippen LogP) is 4.68. The van der Waals surface area contributed by atoms with E-state index in [1.165, 1.54) is 0 Å². The Hall–Kier alpha value is -3.55. The first-order valence-corrected chi connectivity index (χ1v) is 10.7. The van der Waals surface area contributed by atoms with Crippen LogP contribution in [-0.2, 0) is 6.54 Å². The Morgan fingerprint density at radius 2 is 1.94 bits per heavy atom. The van der Waals surface area contributed by atoms with Gasteiger partial charge in [0.25, 0.3) is 5.56 Å². The summed E-state index contributed by atoms with van der Waals surface area (Å²) in [7, 11) is 0. The number of pyridine rings is 1. The van der Waals surface area contributed by atoms with E-state index in [0.29, 0.717) is 28.3 Å². The van der Waals surface area contributed by atoms with Gasteiger partial charge in [0.1, 0.15) is 17.2 Å². The van der Waals surface area contributed by atoms with Crippen LogP contribution in [0.2, 0.25) is 5.02 Å². The van der Waals surface area contributed by atoms with Gasteiger partial charge in [0.05, 0.1) is 30.2 Å². The number of benzene rings is 2. The lowest BCUT2D eigenvalue weighted by Gasteiger charge is -2.07. The van der Waals surface area contributed by atoms with Gasteiger partial charge in [-0.25, -0.2) is 0 Å². The molecule has 5 aromatic rings. The molecule has 0 fully saturated rings. The van der Waals surface area contributed by atoms with Crippen molar-refractivity contribution in [1.82, 2.24) is 19.7 Å². The van der Waals surface area contributed by atoms with E-state index in [2.05, 4.69) is 15.4 Å². The van der Waals surface area contributed by atoms with Gasteiger partial charge in [0.15, 0.2) is 0 Å². The smallest absolute Gasteiger partial charge is 0.266 e. The van der Waals surface area contributed by atoms with Crippen LogP contribution in [-0.4, -0.2) is 33.3 Å². The van der Waals surface area contributed by atoms with E-state index < -0.39 is 0 Å². The molecule has 0 unspecified atom stereocenters. The van der Waals surface area contributed by atoms with Gasteiger partial charge in [0, 0.05) is 34.4 Å². The third-order valence-corrected chi connectivity index (χ3v) is 5.91. The van der Waals surface area contributed by atoms with E-state index in [1.807, 2.05) is 47.3 Å². The summed E-state index contributed by atoms with van der Waals surface area (Å²) in [5.74, 6) is 1.57. The number of rotatable bonds is 4. The summed E-state index contributed by atoms with van der Waals surface area (Å²) in [6, 6.07) is 16.8. The van der Waals surface area contributed by atoms with Gasteiger partial charge in [-0.05, 0) is 54.6 Å². The summed E-state index contributed by atoms with van der Waals surface area (Å²) >= 11 is 5.98. The molecule has 3 aromatic heterocycles. The number of amidine groups is 1. The highest BCUT2D eigenvalue weighted by atomic mass is 35.5. The summed E-state index contributed by atoms with van der Waals surface area (Å²) < 4.78 is 9.46. The zero-order chi connectivity index (χ0) is 21.7. The molecule has 0 saturated carbocycles. The number of nitrogens with zero attached hydrogens (tertiary/aromatic N) is 4. The van der Waals surface area contributed by atoms with Crippen LogP contribution in [0.15, 0.2) is 81.2 Å². The molecule has 0 atom stereocenters. The zero-order valence-corrected chi connectivity index (χ0v) is 18.9. The number of hydrogen-bond acceptors (Lipinski definition) is 5. The molecule has 0 bridgehead atoms. The predicted molar refractivity (Wildman–Crippen MR) is 133 cm³/mol. The molecular weight excluding hydrogens is 461 g/mol. The van der Waals surface area contributed by atoms with E-state index in [1.54, 1.807) is 29.0 Å². The highest BCUT2D eigenvalue weighted by Gasteiger charge is 2.14. The summed E-state index contributed by atoms with van der Waals surface area (Å²) in [6.07, 6.45) is 3.55. The first kappa shape index (κ1) is 21.3. The first-order valence-electron chi connectivity index (χ1n) is 10.3. The molecule has 9 heteroatoms. The second kappa shape index (κ2) is 8.42. The molecule has 0 spiro atoms. The van der Waals surface area contributed by atoms with Crippen molar-refractivity contribution in [3.8, 4) is 17.0 Å². The normalized spacial score (nSPS) is 13.2. The zero-order valence-electron chi connectivity index (χ0n) is 17.4. The van der Waals surface area contributed by atoms with Gasteiger partial charge in [0.2, 0.25) is 0 Å². The highest BCUT2D eigenvalue weighted by molar-refractivity contribution is 6.30. The van der Waals surface area contributed by atoms with Crippen molar-refractivity contribution in [2.75, 3.05) is 13.1 Å². The molecule has 33 heavy (non-hydrogen) atoms.